The summed E-state index contributed by atoms with van der Waals surface area (Å²) < 4.78 is 0. The second-order valence-electron chi connectivity index (χ2n) is 3.67. The molecule has 0 aliphatic rings. The number of aliphatic hydroxyl groups is 2. The molecule has 0 fully saturated rings. The zero-order valence-corrected chi connectivity index (χ0v) is 8.84. The minimum atomic E-state index is -0.507. The molecule has 2 N–H and O–H groups in total. The molecule has 1 aromatic rings. The summed E-state index contributed by atoms with van der Waals surface area (Å²) in [6, 6.07) is 10.0. The first-order valence-corrected chi connectivity index (χ1v) is 5.23. The second kappa shape index (κ2) is 6.38. The van der Waals surface area contributed by atoms with Crippen LogP contribution in [0.2, 0.25) is 0 Å². The van der Waals surface area contributed by atoms with Crippen molar-refractivity contribution >= 4 is 0 Å². The summed E-state index contributed by atoms with van der Waals surface area (Å²) in [5, 5.41) is 18.7. The lowest BCUT2D eigenvalue weighted by Crippen LogP contribution is -2.22. The number of aliphatic hydroxyl groups excluding tert-OH is 2. The van der Waals surface area contributed by atoms with Crippen LogP contribution in [0.5, 0.6) is 0 Å². The Bertz CT molecular complexity index is 282. The van der Waals surface area contributed by atoms with E-state index in [4.69, 9.17) is 5.11 Å². The third-order valence-corrected chi connectivity index (χ3v) is 2.58. The molecule has 0 aromatic heterocycles. The highest BCUT2D eigenvalue weighted by Crippen LogP contribution is 2.12. The molecule has 0 amide bonds. The van der Waals surface area contributed by atoms with Crippen LogP contribution in [0, 0.1) is 5.92 Å². The smallest absolute Gasteiger partial charge is 0.0627 e. The van der Waals surface area contributed by atoms with Crippen molar-refractivity contribution < 1.29 is 10.2 Å². The molecule has 0 radical (unpaired) electrons. The lowest BCUT2D eigenvalue weighted by Gasteiger charge is -2.16. The first-order chi connectivity index (χ1) is 7.27. The SMILES string of the molecule is C=C[C@H](CO)[C@H](O)CCc1ccccc1. The third-order valence-electron chi connectivity index (χ3n) is 2.58. The van der Waals surface area contributed by atoms with E-state index >= 15 is 0 Å². The molecule has 82 valence electrons. The molecule has 2 heteroatoms. The van der Waals surface area contributed by atoms with Gasteiger partial charge in [-0.15, -0.1) is 6.58 Å². The van der Waals surface area contributed by atoms with Crippen LogP contribution in [0.3, 0.4) is 0 Å². The van der Waals surface area contributed by atoms with Gasteiger partial charge in [0.05, 0.1) is 12.7 Å². The first kappa shape index (κ1) is 12.0. The van der Waals surface area contributed by atoms with Gasteiger partial charge < -0.3 is 10.2 Å². The van der Waals surface area contributed by atoms with Crippen LogP contribution < -0.4 is 0 Å². The molecule has 0 bridgehead atoms. The standard InChI is InChI=1S/C13H18O2/c1-2-12(10-14)13(15)9-8-11-6-4-3-5-7-11/h2-7,12-15H,1,8-10H2/t12-,13-/m1/s1. The molecule has 0 heterocycles. The summed E-state index contributed by atoms with van der Waals surface area (Å²) in [7, 11) is 0. The van der Waals surface area contributed by atoms with Crippen molar-refractivity contribution in [1.29, 1.82) is 0 Å². The third kappa shape index (κ3) is 3.86. The normalized spacial score (nSPS) is 14.5. The van der Waals surface area contributed by atoms with Crippen LogP contribution in [0.15, 0.2) is 43.0 Å². The van der Waals surface area contributed by atoms with Gasteiger partial charge in [-0.1, -0.05) is 36.4 Å². The van der Waals surface area contributed by atoms with Gasteiger partial charge in [0, 0.05) is 5.92 Å². The Labute approximate surface area is 90.9 Å². The Hall–Kier alpha value is -1.12. The summed E-state index contributed by atoms with van der Waals surface area (Å²) in [6.07, 6.45) is 2.58. The maximum atomic E-state index is 9.74. The van der Waals surface area contributed by atoms with E-state index in [-0.39, 0.29) is 12.5 Å². The molecule has 1 rings (SSSR count). The Morgan fingerprint density at radius 3 is 2.47 bits per heavy atom. The zero-order chi connectivity index (χ0) is 11.1. The molecule has 2 atom stereocenters. The number of aryl methyl sites for hydroxylation is 1. The summed E-state index contributed by atoms with van der Waals surface area (Å²) >= 11 is 0. The molecular weight excluding hydrogens is 188 g/mol. The molecule has 0 unspecified atom stereocenters. The zero-order valence-electron chi connectivity index (χ0n) is 8.84. The van der Waals surface area contributed by atoms with E-state index in [0.29, 0.717) is 6.42 Å². The minimum absolute atomic E-state index is 0.0422. The number of benzene rings is 1. The fraction of sp³-hybridized carbons (Fsp3) is 0.385. The lowest BCUT2D eigenvalue weighted by atomic mass is 9.97. The van der Waals surface area contributed by atoms with Crippen molar-refractivity contribution in [3.63, 3.8) is 0 Å². The van der Waals surface area contributed by atoms with E-state index in [2.05, 4.69) is 6.58 Å². The maximum absolute atomic E-state index is 9.74. The number of hydrogen-bond acceptors (Lipinski definition) is 2. The van der Waals surface area contributed by atoms with E-state index in [1.807, 2.05) is 30.3 Å². The van der Waals surface area contributed by atoms with Crippen molar-refractivity contribution in [3.05, 3.63) is 48.6 Å². The topological polar surface area (TPSA) is 40.5 Å². The van der Waals surface area contributed by atoms with E-state index in [0.717, 1.165) is 6.42 Å². The van der Waals surface area contributed by atoms with Gasteiger partial charge in [0.25, 0.3) is 0 Å². The van der Waals surface area contributed by atoms with Crippen molar-refractivity contribution in [2.24, 2.45) is 5.92 Å². The number of rotatable bonds is 6. The summed E-state index contributed by atoms with van der Waals surface area (Å²) in [6.45, 7) is 3.55. The highest BCUT2D eigenvalue weighted by molar-refractivity contribution is 5.14. The Kier molecular flexibility index (Phi) is 5.08. The van der Waals surface area contributed by atoms with Gasteiger partial charge in [-0.3, -0.25) is 0 Å². The minimum Gasteiger partial charge on any atom is -0.396 e. The van der Waals surface area contributed by atoms with Crippen LogP contribution >= 0.6 is 0 Å². The van der Waals surface area contributed by atoms with Crippen LogP contribution in [0.1, 0.15) is 12.0 Å². The largest absolute Gasteiger partial charge is 0.396 e. The van der Waals surface area contributed by atoms with Crippen molar-refractivity contribution in [2.75, 3.05) is 6.61 Å². The van der Waals surface area contributed by atoms with Gasteiger partial charge >= 0.3 is 0 Å². The summed E-state index contributed by atoms with van der Waals surface area (Å²) in [5.41, 5.74) is 1.21. The molecule has 0 saturated heterocycles. The van der Waals surface area contributed by atoms with Gasteiger partial charge in [0.15, 0.2) is 0 Å². The Morgan fingerprint density at radius 2 is 1.93 bits per heavy atom. The highest BCUT2D eigenvalue weighted by Gasteiger charge is 2.14. The molecule has 0 aliphatic carbocycles. The van der Waals surface area contributed by atoms with Gasteiger partial charge in [0.1, 0.15) is 0 Å². The van der Waals surface area contributed by atoms with Crippen LogP contribution in [-0.2, 0) is 6.42 Å². The van der Waals surface area contributed by atoms with E-state index < -0.39 is 6.10 Å². The van der Waals surface area contributed by atoms with E-state index in [1.165, 1.54) is 5.56 Å². The molecule has 0 saturated carbocycles. The average Bonchev–Trinajstić information content (AvgIpc) is 2.29. The van der Waals surface area contributed by atoms with Crippen molar-refractivity contribution in [2.45, 2.75) is 18.9 Å². The maximum Gasteiger partial charge on any atom is 0.0627 e. The molecule has 0 aliphatic heterocycles. The number of hydrogen-bond donors (Lipinski definition) is 2. The Morgan fingerprint density at radius 1 is 1.27 bits per heavy atom. The first-order valence-electron chi connectivity index (χ1n) is 5.23. The fourth-order valence-electron chi connectivity index (χ4n) is 1.53. The molecule has 0 spiro atoms. The lowest BCUT2D eigenvalue weighted by molar-refractivity contribution is 0.0852. The summed E-state index contributed by atoms with van der Waals surface area (Å²) in [5.74, 6) is -0.214. The molecular formula is C13H18O2. The van der Waals surface area contributed by atoms with E-state index in [1.54, 1.807) is 6.08 Å². The predicted molar refractivity (Wildman–Crippen MR) is 61.5 cm³/mol. The van der Waals surface area contributed by atoms with Gasteiger partial charge in [-0.25, -0.2) is 0 Å². The highest BCUT2D eigenvalue weighted by atomic mass is 16.3. The van der Waals surface area contributed by atoms with Crippen LogP contribution in [0.4, 0.5) is 0 Å². The average molecular weight is 206 g/mol. The van der Waals surface area contributed by atoms with Crippen molar-refractivity contribution in [3.8, 4) is 0 Å². The second-order valence-corrected chi connectivity index (χ2v) is 3.67. The molecule has 15 heavy (non-hydrogen) atoms. The van der Waals surface area contributed by atoms with Gasteiger partial charge in [-0.05, 0) is 18.4 Å². The van der Waals surface area contributed by atoms with Crippen molar-refractivity contribution in [1.82, 2.24) is 0 Å². The van der Waals surface area contributed by atoms with Crippen LogP contribution in [0.25, 0.3) is 0 Å². The Balaban J connectivity index is 2.40. The fourth-order valence-corrected chi connectivity index (χ4v) is 1.53. The van der Waals surface area contributed by atoms with Gasteiger partial charge in [-0.2, -0.15) is 0 Å². The monoisotopic (exact) mass is 206 g/mol. The molecule has 2 nitrogen and oxygen atoms in total. The predicted octanol–water partition coefficient (Wildman–Crippen LogP) is 1.77. The summed E-state index contributed by atoms with van der Waals surface area (Å²) in [4.78, 5) is 0. The van der Waals surface area contributed by atoms with Gasteiger partial charge in [0.2, 0.25) is 0 Å². The van der Waals surface area contributed by atoms with Crippen LogP contribution in [-0.4, -0.2) is 22.9 Å². The molecule has 1 aromatic carbocycles. The quantitative estimate of drug-likeness (QED) is 0.696. The van der Waals surface area contributed by atoms with E-state index in [9.17, 15) is 5.11 Å².